The Bertz CT molecular complexity index is 1300. The molecule has 38 heavy (non-hydrogen) atoms. The van der Waals surface area contributed by atoms with E-state index >= 15 is 0 Å². The maximum atomic E-state index is 12.6. The second-order valence-corrected chi connectivity index (χ2v) is 15.4. The molecule has 1 aromatic heterocycles. The minimum absolute atomic E-state index is 0.129. The third-order valence-electron chi connectivity index (χ3n) is 7.43. The average molecular weight is 541 g/mol. The average Bonchev–Trinajstić information content (AvgIpc) is 3.21. The van der Waals surface area contributed by atoms with Gasteiger partial charge in [-0.15, -0.1) is 0 Å². The predicted molar refractivity (Wildman–Crippen MR) is 146 cm³/mol. The van der Waals surface area contributed by atoms with E-state index < -0.39 is 49.9 Å². The third kappa shape index (κ3) is 5.40. The van der Waals surface area contributed by atoms with Gasteiger partial charge in [-0.1, -0.05) is 75.4 Å². The van der Waals surface area contributed by atoms with E-state index in [9.17, 15) is 19.5 Å². The molecule has 0 amide bonds. The van der Waals surface area contributed by atoms with Crippen LogP contribution < -0.4 is 16.4 Å². The van der Waals surface area contributed by atoms with Gasteiger partial charge in [0.1, 0.15) is 0 Å². The fourth-order valence-corrected chi connectivity index (χ4v) is 10.9. The number of aliphatic hydroxyl groups excluding tert-OH is 1. The summed E-state index contributed by atoms with van der Waals surface area (Å²) in [5.74, 6) is -1.21. The van der Waals surface area contributed by atoms with Gasteiger partial charge in [0.25, 0.3) is 5.56 Å². The van der Waals surface area contributed by atoms with Crippen LogP contribution in [0.5, 0.6) is 0 Å². The molecule has 1 aromatic carbocycles. The van der Waals surface area contributed by atoms with Crippen LogP contribution in [0.4, 0.5) is 0 Å². The zero-order valence-corrected chi connectivity index (χ0v) is 23.2. The largest absolute Gasteiger partial charge is 0.457 e. The molecule has 0 bridgehead atoms. The Morgan fingerprint density at radius 2 is 1.92 bits per heavy atom. The van der Waals surface area contributed by atoms with Crippen molar-refractivity contribution in [3.8, 4) is 0 Å². The molecule has 1 aliphatic heterocycles. The van der Waals surface area contributed by atoms with Crippen LogP contribution in [0.3, 0.4) is 0 Å². The summed E-state index contributed by atoms with van der Waals surface area (Å²) in [5.41, 5.74) is -1.09. The minimum atomic E-state index is -2.78. The van der Waals surface area contributed by atoms with Crippen LogP contribution in [0.2, 0.25) is 10.6 Å². The number of aliphatic hydroxyl groups is 1. The molecular weight excluding hydrogens is 504 g/mol. The van der Waals surface area contributed by atoms with Gasteiger partial charge in [0.15, 0.2) is 12.3 Å². The van der Waals surface area contributed by atoms with Gasteiger partial charge >= 0.3 is 11.7 Å². The van der Waals surface area contributed by atoms with Gasteiger partial charge in [0.2, 0.25) is 8.32 Å². The van der Waals surface area contributed by atoms with Gasteiger partial charge in [-0.2, -0.15) is 0 Å². The summed E-state index contributed by atoms with van der Waals surface area (Å²) < 4.78 is 20.1. The van der Waals surface area contributed by atoms with Gasteiger partial charge in [-0.3, -0.25) is 19.1 Å². The second-order valence-electron chi connectivity index (χ2n) is 10.8. The second kappa shape index (κ2) is 11.4. The molecule has 10 heteroatoms. The molecule has 9 nitrogen and oxygen atoms in total. The Morgan fingerprint density at radius 1 is 1.18 bits per heavy atom. The molecule has 2 heterocycles. The monoisotopic (exact) mass is 540 g/mol. The highest BCUT2D eigenvalue weighted by atomic mass is 28.4. The van der Waals surface area contributed by atoms with E-state index in [0.717, 1.165) is 11.6 Å². The molecular formula is C28H36N2O7Si. The molecule has 6 atom stereocenters. The minimum Gasteiger partial charge on any atom is -0.457 e. The van der Waals surface area contributed by atoms with Crippen LogP contribution in [0.15, 0.2) is 76.5 Å². The number of aromatic amines is 1. The molecule has 204 valence electrons. The summed E-state index contributed by atoms with van der Waals surface area (Å²) in [6, 6.07) is 11.5. The van der Waals surface area contributed by atoms with Crippen LogP contribution in [0.25, 0.3) is 0 Å². The number of benzene rings is 1. The molecule has 1 aliphatic carbocycles. The van der Waals surface area contributed by atoms with Crippen molar-refractivity contribution in [2.75, 3.05) is 13.2 Å². The highest BCUT2D eigenvalue weighted by Gasteiger charge is 2.55. The fourth-order valence-electron chi connectivity index (χ4n) is 5.75. The van der Waals surface area contributed by atoms with Crippen molar-refractivity contribution in [3.05, 3.63) is 87.7 Å². The number of nitrogens with one attached hydrogen (secondary N) is 1. The van der Waals surface area contributed by atoms with Crippen LogP contribution in [0.1, 0.15) is 40.3 Å². The van der Waals surface area contributed by atoms with Crippen molar-refractivity contribution in [1.29, 1.82) is 0 Å². The Labute approximate surface area is 222 Å². The number of carbonyl (C=O) groups excluding carboxylic acids is 1. The maximum absolute atomic E-state index is 12.6. The van der Waals surface area contributed by atoms with Crippen LogP contribution in [-0.2, 0) is 18.7 Å². The van der Waals surface area contributed by atoms with Crippen molar-refractivity contribution >= 4 is 19.5 Å². The Balaban J connectivity index is 1.72. The van der Waals surface area contributed by atoms with E-state index in [-0.39, 0.29) is 23.8 Å². The molecule has 1 fully saturated rings. The number of ether oxygens (including phenoxy) is 2. The summed E-state index contributed by atoms with van der Waals surface area (Å²) in [4.78, 5) is 38.4. The van der Waals surface area contributed by atoms with Gasteiger partial charge in [-0.05, 0) is 16.6 Å². The summed E-state index contributed by atoms with van der Waals surface area (Å²) in [6.45, 7) is 7.64. The first kappa shape index (κ1) is 28.0. The predicted octanol–water partition coefficient (Wildman–Crippen LogP) is 2.53. The lowest BCUT2D eigenvalue weighted by atomic mass is 9.99. The summed E-state index contributed by atoms with van der Waals surface area (Å²) >= 11 is 0. The summed E-state index contributed by atoms with van der Waals surface area (Å²) in [7, 11) is -2.78. The van der Waals surface area contributed by atoms with Crippen molar-refractivity contribution < 1.29 is 23.8 Å². The molecule has 1 saturated heterocycles. The number of aromatic nitrogens is 2. The fraction of sp³-hybridized carbons (Fsp3) is 0.464. The smallest absolute Gasteiger partial charge is 0.330 e. The van der Waals surface area contributed by atoms with E-state index in [1.165, 1.54) is 23.8 Å². The normalized spacial score (nSPS) is 26.7. The quantitative estimate of drug-likeness (QED) is 0.390. The highest BCUT2D eigenvalue weighted by molar-refractivity contribution is 6.90. The van der Waals surface area contributed by atoms with E-state index in [1.807, 2.05) is 24.3 Å². The topological polar surface area (TPSA) is 120 Å². The lowest BCUT2D eigenvalue weighted by Gasteiger charge is -2.47. The summed E-state index contributed by atoms with van der Waals surface area (Å²) in [6.07, 6.45) is 7.97. The number of hydrogen-bond donors (Lipinski definition) is 2. The summed E-state index contributed by atoms with van der Waals surface area (Å²) in [5, 5.41) is 11.3. The van der Waals surface area contributed by atoms with Gasteiger partial charge in [-0.25, -0.2) is 4.79 Å². The van der Waals surface area contributed by atoms with Crippen LogP contribution >= 0.6 is 0 Å². The zero-order valence-electron chi connectivity index (χ0n) is 22.2. The molecule has 2 aromatic rings. The number of rotatable bonds is 8. The van der Waals surface area contributed by atoms with E-state index in [4.69, 9.17) is 13.9 Å². The highest BCUT2D eigenvalue weighted by Crippen LogP contribution is 2.48. The Morgan fingerprint density at radius 3 is 2.50 bits per heavy atom. The van der Waals surface area contributed by atoms with Gasteiger partial charge < -0.3 is 19.0 Å². The van der Waals surface area contributed by atoms with E-state index in [0.29, 0.717) is 0 Å². The van der Waals surface area contributed by atoms with E-state index in [2.05, 4.69) is 56.1 Å². The standard InChI is InChI=1S/C28H36N2O7Si/c1-19(32)36-25-22(17-31)23(37-26(25)30-16-15-24(33)29-27(30)34)18-35-38(28(2,3)4,20-11-7-5-8-12-20)21-13-9-6-10-14-21/h5-13,15-16,21-23,25-26,31H,14,17-18H2,1-4H3,(H,29,33,34)/t21?,22-,23-,25-,26-,38?/m1/s1. The molecule has 2 N–H and O–H groups in total. The Hall–Kier alpha value is -3.05. The number of H-pyrrole nitrogens is 1. The van der Waals surface area contributed by atoms with Crippen molar-refractivity contribution in [3.63, 3.8) is 0 Å². The van der Waals surface area contributed by atoms with Crippen molar-refractivity contribution in [1.82, 2.24) is 9.55 Å². The van der Waals surface area contributed by atoms with Crippen LogP contribution in [-0.4, -0.2) is 54.4 Å². The number of nitrogens with zero attached hydrogens (tertiary/aromatic N) is 1. The number of allylic oxidation sites excluding steroid dienone is 4. The first-order valence-corrected chi connectivity index (χ1v) is 14.8. The first-order chi connectivity index (χ1) is 18.1. The molecule has 0 spiro atoms. The van der Waals surface area contributed by atoms with Gasteiger partial charge in [0, 0.05) is 24.7 Å². The zero-order chi connectivity index (χ0) is 27.5. The molecule has 0 radical (unpaired) electrons. The Kier molecular flexibility index (Phi) is 8.36. The molecule has 4 rings (SSSR count). The van der Waals surface area contributed by atoms with Crippen molar-refractivity contribution in [2.45, 2.75) is 63.1 Å². The lowest BCUT2D eigenvalue weighted by molar-refractivity contribution is -0.154. The molecule has 2 unspecified atom stereocenters. The molecule has 2 aliphatic rings. The number of carbonyl (C=O) groups is 1. The van der Waals surface area contributed by atoms with E-state index in [1.54, 1.807) is 0 Å². The van der Waals surface area contributed by atoms with Crippen molar-refractivity contribution in [2.24, 2.45) is 5.92 Å². The SMILES string of the molecule is CC(=O)O[C@@H]1[C@H](CO)[C@@H](CO[Si](c2ccccc2)(C2C=CC=CC2)C(C)(C)C)O[C@H]1n1ccc(=O)[nH]c1=O. The third-order valence-corrected chi connectivity index (χ3v) is 12.9. The lowest BCUT2D eigenvalue weighted by Crippen LogP contribution is -2.61. The van der Waals surface area contributed by atoms with Crippen LogP contribution in [0, 0.1) is 5.92 Å². The van der Waals surface area contributed by atoms with Gasteiger partial charge in [0.05, 0.1) is 25.2 Å². The first-order valence-electron chi connectivity index (χ1n) is 12.9. The molecule has 0 saturated carbocycles. The maximum Gasteiger partial charge on any atom is 0.330 e. The number of esters is 1. The number of hydrogen-bond acceptors (Lipinski definition) is 7.